The van der Waals surface area contributed by atoms with E-state index in [-0.39, 0.29) is 17.5 Å². The highest BCUT2D eigenvalue weighted by Crippen LogP contribution is 2.14. The molecule has 21 heavy (non-hydrogen) atoms. The average Bonchev–Trinajstić information content (AvgIpc) is 2.52. The van der Waals surface area contributed by atoms with Gasteiger partial charge in [0.1, 0.15) is 0 Å². The molecule has 1 fully saturated rings. The van der Waals surface area contributed by atoms with Gasteiger partial charge in [-0.25, -0.2) is 4.79 Å². The molecule has 1 aliphatic heterocycles. The molecular formula is C16H21NO4. The lowest BCUT2D eigenvalue weighted by Crippen LogP contribution is -2.48. The third kappa shape index (κ3) is 4.04. The van der Waals surface area contributed by atoms with Gasteiger partial charge in [0.2, 0.25) is 5.91 Å². The van der Waals surface area contributed by atoms with Crippen LogP contribution in [0.4, 0.5) is 0 Å². The second-order valence-corrected chi connectivity index (χ2v) is 5.23. The molecule has 0 bridgehead atoms. The number of carbonyl (C=O) groups is 2. The van der Waals surface area contributed by atoms with E-state index in [4.69, 9.17) is 9.84 Å². The van der Waals surface area contributed by atoms with Gasteiger partial charge in [0.15, 0.2) is 0 Å². The molecular weight excluding hydrogens is 270 g/mol. The molecule has 114 valence electrons. The highest BCUT2D eigenvalue weighted by Gasteiger charge is 2.25. The lowest BCUT2D eigenvalue weighted by Gasteiger charge is -2.35. The fourth-order valence-electron chi connectivity index (χ4n) is 2.53. The molecule has 1 N–H and O–H groups in total. The third-order valence-corrected chi connectivity index (χ3v) is 3.85. The van der Waals surface area contributed by atoms with Crippen LogP contribution in [0.25, 0.3) is 0 Å². The van der Waals surface area contributed by atoms with Gasteiger partial charge in [-0.2, -0.15) is 0 Å². The number of amides is 1. The monoisotopic (exact) mass is 291 g/mol. The Hall–Kier alpha value is -1.88. The van der Waals surface area contributed by atoms with Crippen LogP contribution in [-0.2, 0) is 16.0 Å². The maximum Gasteiger partial charge on any atom is 0.335 e. The molecule has 1 amide bonds. The summed E-state index contributed by atoms with van der Waals surface area (Å²) in [5, 5.41) is 8.85. The summed E-state index contributed by atoms with van der Waals surface area (Å²) in [7, 11) is 0. The lowest BCUT2D eigenvalue weighted by molar-refractivity contribution is -0.139. The van der Waals surface area contributed by atoms with Crippen molar-refractivity contribution in [2.75, 3.05) is 19.8 Å². The van der Waals surface area contributed by atoms with E-state index in [1.54, 1.807) is 24.3 Å². The predicted molar refractivity (Wildman–Crippen MR) is 78.3 cm³/mol. The smallest absolute Gasteiger partial charge is 0.335 e. The van der Waals surface area contributed by atoms with E-state index in [0.717, 1.165) is 12.0 Å². The number of rotatable bonds is 5. The van der Waals surface area contributed by atoms with Gasteiger partial charge in [-0.05, 0) is 30.5 Å². The number of aromatic carboxylic acids is 1. The molecule has 1 aromatic carbocycles. The van der Waals surface area contributed by atoms with Crippen LogP contribution in [0.3, 0.4) is 0 Å². The van der Waals surface area contributed by atoms with Gasteiger partial charge in [-0.3, -0.25) is 4.79 Å². The zero-order valence-electron chi connectivity index (χ0n) is 12.2. The Balaban J connectivity index is 1.89. The summed E-state index contributed by atoms with van der Waals surface area (Å²) in [5.74, 6) is -0.788. The third-order valence-electron chi connectivity index (χ3n) is 3.85. The summed E-state index contributed by atoms with van der Waals surface area (Å²) in [6.07, 6.45) is 1.98. The number of hydrogen-bond acceptors (Lipinski definition) is 3. The minimum absolute atomic E-state index is 0.146. The topological polar surface area (TPSA) is 66.8 Å². The van der Waals surface area contributed by atoms with Gasteiger partial charge in [-0.1, -0.05) is 19.1 Å². The van der Waals surface area contributed by atoms with Crippen LogP contribution in [0.2, 0.25) is 0 Å². The fraction of sp³-hybridized carbons (Fsp3) is 0.500. The SMILES string of the molecule is CC[C@@H]1COCCN1C(=O)CCc1ccc(C(=O)O)cc1. The summed E-state index contributed by atoms with van der Waals surface area (Å²) in [4.78, 5) is 25.0. The molecule has 5 heteroatoms. The lowest BCUT2D eigenvalue weighted by atomic mass is 10.1. The summed E-state index contributed by atoms with van der Waals surface area (Å²) >= 11 is 0. The number of carboxylic acid groups (broad SMARTS) is 1. The fourth-order valence-corrected chi connectivity index (χ4v) is 2.53. The first kappa shape index (κ1) is 15.5. The first-order valence-electron chi connectivity index (χ1n) is 7.31. The van der Waals surface area contributed by atoms with E-state index < -0.39 is 5.97 Å². The van der Waals surface area contributed by atoms with Crippen molar-refractivity contribution in [3.63, 3.8) is 0 Å². The van der Waals surface area contributed by atoms with E-state index >= 15 is 0 Å². The van der Waals surface area contributed by atoms with Crippen LogP contribution in [0.1, 0.15) is 35.7 Å². The van der Waals surface area contributed by atoms with Crippen molar-refractivity contribution in [2.45, 2.75) is 32.2 Å². The quantitative estimate of drug-likeness (QED) is 0.900. The minimum atomic E-state index is -0.934. The summed E-state index contributed by atoms with van der Waals surface area (Å²) in [6, 6.07) is 6.87. The van der Waals surface area contributed by atoms with Crippen molar-refractivity contribution < 1.29 is 19.4 Å². The highest BCUT2D eigenvalue weighted by atomic mass is 16.5. The van der Waals surface area contributed by atoms with Crippen LogP contribution < -0.4 is 0 Å². The van der Waals surface area contributed by atoms with E-state index in [1.807, 2.05) is 4.90 Å². The number of carbonyl (C=O) groups excluding carboxylic acids is 1. The first-order chi connectivity index (χ1) is 10.1. The Morgan fingerprint density at radius 2 is 2.05 bits per heavy atom. The van der Waals surface area contributed by atoms with E-state index in [2.05, 4.69) is 6.92 Å². The molecule has 0 saturated carbocycles. The molecule has 1 atom stereocenters. The van der Waals surface area contributed by atoms with Crippen molar-refractivity contribution in [2.24, 2.45) is 0 Å². The van der Waals surface area contributed by atoms with Gasteiger partial charge in [-0.15, -0.1) is 0 Å². The maximum absolute atomic E-state index is 12.3. The number of hydrogen-bond donors (Lipinski definition) is 1. The van der Waals surface area contributed by atoms with Crippen molar-refractivity contribution in [3.8, 4) is 0 Å². The molecule has 0 aliphatic carbocycles. The zero-order chi connectivity index (χ0) is 15.2. The number of aryl methyl sites for hydroxylation is 1. The van der Waals surface area contributed by atoms with Crippen LogP contribution >= 0.6 is 0 Å². The van der Waals surface area contributed by atoms with Gasteiger partial charge >= 0.3 is 5.97 Å². The molecule has 1 saturated heterocycles. The molecule has 0 aromatic heterocycles. The van der Waals surface area contributed by atoms with Gasteiger partial charge < -0.3 is 14.7 Å². The Labute approximate surface area is 124 Å². The largest absolute Gasteiger partial charge is 0.478 e. The minimum Gasteiger partial charge on any atom is -0.478 e. The summed E-state index contributed by atoms with van der Waals surface area (Å²) in [5.41, 5.74) is 1.25. The van der Waals surface area contributed by atoms with E-state index in [0.29, 0.717) is 32.6 Å². The molecule has 1 aliphatic rings. The molecule has 0 unspecified atom stereocenters. The molecule has 1 aromatic rings. The number of carboxylic acids is 1. The highest BCUT2D eigenvalue weighted by molar-refractivity contribution is 5.87. The zero-order valence-corrected chi connectivity index (χ0v) is 12.2. The van der Waals surface area contributed by atoms with Gasteiger partial charge in [0, 0.05) is 13.0 Å². The van der Waals surface area contributed by atoms with E-state index in [9.17, 15) is 9.59 Å². The molecule has 2 rings (SSSR count). The van der Waals surface area contributed by atoms with Gasteiger partial charge in [0.05, 0.1) is 24.8 Å². The van der Waals surface area contributed by atoms with Crippen LogP contribution in [0.15, 0.2) is 24.3 Å². The molecule has 5 nitrogen and oxygen atoms in total. The van der Waals surface area contributed by atoms with Crippen LogP contribution in [0.5, 0.6) is 0 Å². The first-order valence-corrected chi connectivity index (χ1v) is 7.31. The average molecular weight is 291 g/mol. The van der Waals surface area contributed by atoms with Crippen LogP contribution in [0, 0.1) is 0 Å². The number of benzene rings is 1. The normalized spacial score (nSPS) is 18.5. The van der Waals surface area contributed by atoms with Crippen LogP contribution in [-0.4, -0.2) is 47.7 Å². The standard InChI is InChI=1S/C16H21NO4/c1-2-14-11-21-10-9-17(14)15(18)8-5-12-3-6-13(7-4-12)16(19)20/h3-4,6-7,14H,2,5,8-11H2,1H3,(H,19,20)/t14-/m1/s1. The van der Waals surface area contributed by atoms with Crippen molar-refractivity contribution >= 4 is 11.9 Å². The second-order valence-electron chi connectivity index (χ2n) is 5.23. The second kappa shape index (κ2) is 7.22. The number of ether oxygens (including phenoxy) is 1. The summed E-state index contributed by atoms with van der Waals surface area (Å²) in [6.45, 7) is 3.95. The summed E-state index contributed by atoms with van der Waals surface area (Å²) < 4.78 is 5.40. The Morgan fingerprint density at radius 1 is 1.33 bits per heavy atom. The molecule has 1 heterocycles. The molecule has 0 spiro atoms. The number of nitrogens with zero attached hydrogens (tertiary/aromatic N) is 1. The predicted octanol–water partition coefficient (Wildman–Crippen LogP) is 1.95. The number of morpholine rings is 1. The van der Waals surface area contributed by atoms with E-state index in [1.165, 1.54) is 0 Å². The van der Waals surface area contributed by atoms with Crippen molar-refractivity contribution in [3.05, 3.63) is 35.4 Å². The maximum atomic E-state index is 12.3. The Kier molecular flexibility index (Phi) is 5.33. The Morgan fingerprint density at radius 3 is 2.67 bits per heavy atom. The molecule has 0 radical (unpaired) electrons. The Bertz CT molecular complexity index is 498. The van der Waals surface area contributed by atoms with Gasteiger partial charge in [0.25, 0.3) is 0 Å². The van der Waals surface area contributed by atoms with Crippen molar-refractivity contribution in [1.29, 1.82) is 0 Å². The van der Waals surface area contributed by atoms with Crippen molar-refractivity contribution in [1.82, 2.24) is 4.90 Å².